The van der Waals surface area contributed by atoms with Crippen LogP contribution >= 0.6 is 0 Å². The van der Waals surface area contributed by atoms with Gasteiger partial charge in [-0.05, 0) is 29.7 Å². The lowest BCUT2D eigenvalue weighted by molar-refractivity contribution is 0.225. The minimum absolute atomic E-state index is 0.158. The second kappa shape index (κ2) is 7.40. The lowest BCUT2D eigenvalue weighted by Gasteiger charge is -2.17. The van der Waals surface area contributed by atoms with Crippen molar-refractivity contribution < 1.29 is 9.90 Å². The standard InChI is InChI=1S/C16H19N3O2/c1-2-12-3-5-13(6-4-12)15(11-20)19-16(21)18-14-7-9-17-10-8-14/h3-10,15,20H,2,11H2,1H3,(H2,17,18,19,21). The Kier molecular flexibility index (Phi) is 5.29. The van der Waals surface area contributed by atoms with E-state index in [-0.39, 0.29) is 12.6 Å². The highest BCUT2D eigenvalue weighted by molar-refractivity contribution is 5.89. The Balaban J connectivity index is 1.99. The predicted octanol–water partition coefficient (Wildman–Crippen LogP) is 2.50. The maximum Gasteiger partial charge on any atom is 0.319 e. The molecular formula is C16H19N3O2. The zero-order valence-electron chi connectivity index (χ0n) is 11.9. The number of aromatic nitrogens is 1. The van der Waals surface area contributed by atoms with Crippen molar-refractivity contribution in [2.45, 2.75) is 19.4 Å². The van der Waals surface area contributed by atoms with E-state index in [1.54, 1.807) is 24.5 Å². The number of hydrogen-bond donors (Lipinski definition) is 3. The second-order valence-electron chi connectivity index (χ2n) is 4.66. The van der Waals surface area contributed by atoms with Crippen LogP contribution in [0.2, 0.25) is 0 Å². The quantitative estimate of drug-likeness (QED) is 0.790. The van der Waals surface area contributed by atoms with Gasteiger partial charge in [-0.15, -0.1) is 0 Å². The van der Waals surface area contributed by atoms with Gasteiger partial charge in [-0.1, -0.05) is 31.2 Å². The Morgan fingerprint density at radius 3 is 2.43 bits per heavy atom. The van der Waals surface area contributed by atoms with Crippen molar-refractivity contribution in [2.75, 3.05) is 11.9 Å². The molecule has 5 nitrogen and oxygen atoms in total. The Labute approximate surface area is 124 Å². The lowest BCUT2D eigenvalue weighted by Crippen LogP contribution is -2.34. The van der Waals surface area contributed by atoms with Crippen LogP contribution < -0.4 is 10.6 Å². The van der Waals surface area contributed by atoms with Gasteiger partial charge >= 0.3 is 6.03 Å². The fraction of sp³-hybridized carbons (Fsp3) is 0.250. The van der Waals surface area contributed by atoms with Crippen LogP contribution in [0.3, 0.4) is 0 Å². The molecule has 1 aromatic carbocycles. The highest BCUT2D eigenvalue weighted by atomic mass is 16.3. The van der Waals surface area contributed by atoms with Gasteiger partial charge < -0.3 is 15.7 Å². The van der Waals surface area contributed by atoms with E-state index in [0.29, 0.717) is 5.69 Å². The number of aryl methyl sites for hydroxylation is 1. The molecular weight excluding hydrogens is 266 g/mol. The number of rotatable bonds is 5. The van der Waals surface area contributed by atoms with Crippen molar-refractivity contribution >= 4 is 11.7 Å². The lowest BCUT2D eigenvalue weighted by atomic mass is 10.0. The van der Waals surface area contributed by atoms with Crippen molar-refractivity contribution in [2.24, 2.45) is 0 Å². The summed E-state index contributed by atoms with van der Waals surface area (Å²) < 4.78 is 0. The molecule has 0 spiro atoms. The molecule has 1 unspecified atom stereocenters. The average molecular weight is 285 g/mol. The first kappa shape index (κ1) is 15.0. The van der Waals surface area contributed by atoms with Crippen LogP contribution in [0.5, 0.6) is 0 Å². The predicted molar refractivity (Wildman–Crippen MR) is 82.0 cm³/mol. The molecule has 2 rings (SSSR count). The summed E-state index contributed by atoms with van der Waals surface area (Å²) >= 11 is 0. The number of benzene rings is 1. The van der Waals surface area contributed by atoms with Gasteiger partial charge in [0.05, 0.1) is 12.6 Å². The molecule has 3 N–H and O–H groups in total. The molecule has 0 saturated heterocycles. The van der Waals surface area contributed by atoms with Crippen LogP contribution in [0.4, 0.5) is 10.5 Å². The van der Waals surface area contributed by atoms with Crippen molar-refractivity contribution in [1.29, 1.82) is 0 Å². The fourth-order valence-electron chi connectivity index (χ4n) is 1.98. The molecule has 21 heavy (non-hydrogen) atoms. The summed E-state index contributed by atoms with van der Waals surface area (Å²) in [5.41, 5.74) is 2.75. The van der Waals surface area contributed by atoms with Crippen LogP contribution in [0.1, 0.15) is 24.1 Å². The van der Waals surface area contributed by atoms with Crippen LogP contribution in [0.15, 0.2) is 48.8 Å². The number of aliphatic hydroxyl groups excluding tert-OH is 1. The number of aliphatic hydroxyl groups is 1. The SMILES string of the molecule is CCc1ccc(C(CO)NC(=O)Nc2ccncc2)cc1. The Bertz CT molecular complexity index is 570. The van der Waals surface area contributed by atoms with E-state index in [9.17, 15) is 9.90 Å². The van der Waals surface area contributed by atoms with Crippen molar-refractivity contribution in [3.8, 4) is 0 Å². The van der Waals surface area contributed by atoms with Crippen LogP contribution in [0.25, 0.3) is 0 Å². The summed E-state index contributed by atoms with van der Waals surface area (Å²) in [5.74, 6) is 0. The van der Waals surface area contributed by atoms with Gasteiger partial charge in [0.15, 0.2) is 0 Å². The first-order chi connectivity index (χ1) is 10.2. The number of hydrogen-bond acceptors (Lipinski definition) is 3. The van der Waals surface area contributed by atoms with E-state index >= 15 is 0 Å². The molecule has 1 aromatic heterocycles. The third-order valence-corrected chi connectivity index (χ3v) is 3.22. The van der Waals surface area contributed by atoms with Crippen LogP contribution in [0, 0.1) is 0 Å². The van der Waals surface area contributed by atoms with Crippen molar-refractivity contribution in [1.82, 2.24) is 10.3 Å². The first-order valence-electron chi connectivity index (χ1n) is 6.90. The zero-order chi connectivity index (χ0) is 15.1. The number of nitrogens with one attached hydrogen (secondary N) is 2. The summed E-state index contributed by atoms with van der Waals surface area (Å²) in [6, 6.07) is 10.4. The molecule has 5 heteroatoms. The maximum absolute atomic E-state index is 11.9. The summed E-state index contributed by atoms with van der Waals surface area (Å²) in [5, 5.41) is 14.9. The van der Waals surface area contributed by atoms with Gasteiger partial charge in [0.1, 0.15) is 0 Å². The second-order valence-corrected chi connectivity index (χ2v) is 4.66. The Morgan fingerprint density at radius 1 is 1.19 bits per heavy atom. The molecule has 0 bridgehead atoms. The van der Waals surface area contributed by atoms with Crippen molar-refractivity contribution in [3.63, 3.8) is 0 Å². The highest BCUT2D eigenvalue weighted by Gasteiger charge is 2.13. The molecule has 110 valence electrons. The molecule has 0 saturated carbocycles. The van der Waals surface area contributed by atoms with Crippen LogP contribution in [-0.2, 0) is 6.42 Å². The smallest absolute Gasteiger partial charge is 0.319 e. The van der Waals surface area contributed by atoms with Gasteiger partial charge in [0.2, 0.25) is 0 Å². The Morgan fingerprint density at radius 2 is 1.86 bits per heavy atom. The molecule has 0 fully saturated rings. The van der Waals surface area contributed by atoms with E-state index in [1.165, 1.54) is 5.56 Å². The van der Waals surface area contributed by atoms with E-state index in [4.69, 9.17) is 0 Å². The third kappa shape index (κ3) is 4.29. The van der Waals surface area contributed by atoms with Crippen LogP contribution in [-0.4, -0.2) is 22.7 Å². The number of nitrogens with zero attached hydrogens (tertiary/aromatic N) is 1. The van der Waals surface area contributed by atoms with Gasteiger partial charge in [-0.3, -0.25) is 4.98 Å². The van der Waals surface area contributed by atoms with E-state index in [0.717, 1.165) is 12.0 Å². The minimum Gasteiger partial charge on any atom is -0.394 e. The fourth-order valence-corrected chi connectivity index (χ4v) is 1.98. The first-order valence-corrected chi connectivity index (χ1v) is 6.90. The molecule has 1 heterocycles. The summed E-state index contributed by atoms with van der Waals surface area (Å²) in [6.45, 7) is 1.92. The van der Waals surface area contributed by atoms with Gasteiger partial charge in [-0.2, -0.15) is 0 Å². The Hall–Kier alpha value is -2.40. The van der Waals surface area contributed by atoms with Gasteiger partial charge in [0, 0.05) is 18.1 Å². The molecule has 1 atom stereocenters. The monoisotopic (exact) mass is 285 g/mol. The summed E-state index contributed by atoms with van der Waals surface area (Å²) in [7, 11) is 0. The van der Waals surface area contributed by atoms with Crippen molar-refractivity contribution in [3.05, 3.63) is 59.9 Å². The largest absolute Gasteiger partial charge is 0.394 e. The minimum atomic E-state index is -0.433. The van der Waals surface area contributed by atoms with Gasteiger partial charge in [0.25, 0.3) is 0 Å². The number of carbonyl (C=O) groups is 1. The van der Waals surface area contributed by atoms with E-state index in [2.05, 4.69) is 22.5 Å². The molecule has 0 radical (unpaired) electrons. The topological polar surface area (TPSA) is 74.2 Å². The number of carbonyl (C=O) groups excluding carboxylic acids is 1. The number of anilines is 1. The molecule has 0 aliphatic carbocycles. The van der Waals surface area contributed by atoms with E-state index < -0.39 is 6.04 Å². The summed E-state index contributed by atoms with van der Waals surface area (Å²) in [4.78, 5) is 15.8. The molecule has 0 aliphatic heterocycles. The maximum atomic E-state index is 11.9. The highest BCUT2D eigenvalue weighted by Crippen LogP contribution is 2.14. The third-order valence-electron chi connectivity index (χ3n) is 3.22. The summed E-state index contributed by atoms with van der Waals surface area (Å²) in [6.07, 6.45) is 4.16. The number of amides is 2. The average Bonchev–Trinajstić information content (AvgIpc) is 2.53. The number of pyridine rings is 1. The van der Waals surface area contributed by atoms with Gasteiger partial charge in [-0.25, -0.2) is 4.79 Å². The molecule has 2 amide bonds. The zero-order valence-corrected chi connectivity index (χ0v) is 11.9. The number of urea groups is 1. The normalized spacial score (nSPS) is 11.7. The molecule has 0 aliphatic rings. The van der Waals surface area contributed by atoms with E-state index in [1.807, 2.05) is 24.3 Å². The molecule has 2 aromatic rings.